The number of ether oxygens (including phenoxy) is 1. The molecule has 0 aliphatic carbocycles. The largest absolute Gasteiger partial charge is 0.487 e. The number of rotatable bonds is 6. The lowest BCUT2D eigenvalue weighted by Gasteiger charge is -2.32. The summed E-state index contributed by atoms with van der Waals surface area (Å²) in [5, 5.41) is 10.2. The Morgan fingerprint density at radius 1 is 1.19 bits per heavy atom. The fourth-order valence-corrected chi connectivity index (χ4v) is 3.31. The van der Waals surface area contributed by atoms with Gasteiger partial charge in [-0.05, 0) is 24.3 Å². The minimum Gasteiger partial charge on any atom is -0.487 e. The molecule has 9 nitrogen and oxygen atoms in total. The van der Waals surface area contributed by atoms with Gasteiger partial charge in [-0.15, -0.1) is 5.10 Å². The molecule has 32 heavy (non-hydrogen) atoms. The maximum Gasteiger partial charge on any atom is 0.273 e. The van der Waals surface area contributed by atoms with Gasteiger partial charge in [0.15, 0.2) is 17.3 Å². The van der Waals surface area contributed by atoms with Gasteiger partial charge < -0.3 is 15.0 Å². The highest BCUT2D eigenvalue weighted by Gasteiger charge is 2.25. The Bertz CT molecular complexity index is 1100. The Labute approximate surface area is 182 Å². The minimum absolute atomic E-state index is 0.0749. The number of benzene rings is 1. The Morgan fingerprint density at radius 3 is 2.75 bits per heavy atom. The molecule has 0 spiro atoms. The molecular formula is C21H20F2N6O3. The van der Waals surface area contributed by atoms with Crippen molar-refractivity contribution in [3.05, 3.63) is 66.3 Å². The van der Waals surface area contributed by atoms with Crippen LogP contribution < -0.4 is 10.1 Å². The molecule has 2 aromatic heterocycles. The summed E-state index contributed by atoms with van der Waals surface area (Å²) in [6.45, 7) is 0.573. The fourth-order valence-electron chi connectivity index (χ4n) is 3.31. The van der Waals surface area contributed by atoms with Crippen molar-refractivity contribution >= 4 is 11.8 Å². The zero-order valence-electron chi connectivity index (χ0n) is 16.9. The molecular weight excluding hydrogens is 422 g/mol. The number of aromatic nitrogens is 4. The van der Waals surface area contributed by atoms with Crippen LogP contribution in [0.5, 0.6) is 5.75 Å². The van der Waals surface area contributed by atoms with Gasteiger partial charge in [-0.2, -0.15) is 0 Å². The number of piperidine rings is 1. The van der Waals surface area contributed by atoms with Gasteiger partial charge in [0.25, 0.3) is 5.91 Å². The van der Waals surface area contributed by atoms with Gasteiger partial charge in [-0.25, -0.2) is 13.5 Å². The van der Waals surface area contributed by atoms with E-state index in [1.54, 1.807) is 29.4 Å². The van der Waals surface area contributed by atoms with E-state index in [0.717, 1.165) is 18.2 Å². The summed E-state index contributed by atoms with van der Waals surface area (Å²) in [6.07, 6.45) is 5.26. The second kappa shape index (κ2) is 9.50. The standard InChI is InChI=1S/C21H20F2N6O3/c22-14-3-4-17(23)19(10-14)32-16-5-8-28(9-6-16)20(30)12-25-21(31)18-13-29(27-26-18)15-2-1-7-24-11-15/h1-4,7,10-11,13,16H,5-6,8-9,12H2,(H,25,31). The highest BCUT2D eigenvalue weighted by atomic mass is 19.1. The molecule has 3 aromatic rings. The molecule has 1 aromatic carbocycles. The lowest BCUT2D eigenvalue weighted by Crippen LogP contribution is -2.46. The number of carbonyl (C=O) groups is 2. The van der Waals surface area contributed by atoms with Crippen molar-refractivity contribution in [1.82, 2.24) is 30.2 Å². The zero-order chi connectivity index (χ0) is 22.5. The lowest BCUT2D eigenvalue weighted by molar-refractivity contribution is -0.131. The summed E-state index contributed by atoms with van der Waals surface area (Å²) >= 11 is 0. The van der Waals surface area contributed by atoms with E-state index in [1.807, 2.05) is 0 Å². The number of hydrogen-bond acceptors (Lipinski definition) is 6. The van der Waals surface area contributed by atoms with Crippen molar-refractivity contribution in [3.63, 3.8) is 0 Å². The van der Waals surface area contributed by atoms with E-state index in [2.05, 4.69) is 20.6 Å². The van der Waals surface area contributed by atoms with Gasteiger partial charge >= 0.3 is 0 Å². The Hall–Kier alpha value is -3.89. The Kier molecular flexibility index (Phi) is 6.34. The van der Waals surface area contributed by atoms with Gasteiger partial charge in [0.2, 0.25) is 5.91 Å². The molecule has 1 saturated heterocycles. The predicted molar refractivity (Wildman–Crippen MR) is 108 cm³/mol. The first kappa shape index (κ1) is 21.3. The van der Waals surface area contributed by atoms with Crippen molar-refractivity contribution in [2.75, 3.05) is 19.6 Å². The average Bonchev–Trinajstić information content (AvgIpc) is 3.31. The third kappa shape index (κ3) is 5.05. The van der Waals surface area contributed by atoms with Crippen molar-refractivity contribution in [3.8, 4) is 11.4 Å². The molecule has 1 fully saturated rings. The van der Waals surface area contributed by atoms with E-state index in [0.29, 0.717) is 31.6 Å². The van der Waals surface area contributed by atoms with Crippen molar-refractivity contribution in [2.45, 2.75) is 18.9 Å². The molecule has 0 atom stereocenters. The predicted octanol–water partition coefficient (Wildman–Crippen LogP) is 1.74. The molecule has 11 heteroatoms. The molecule has 1 aliphatic heterocycles. The van der Waals surface area contributed by atoms with Gasteiger partial charge in [-0.3, -0.25) is 14.6 Å². The third-order valence-corrected chi connectivity index (χ3v) is 5.02. The number of hydrogen-bond donors (Lipinski definition) is 1. The first-order valence-corrected chi connectivity index (χ1v) is 10.00. The monoisotopic (exact) mass is 442 g/mol. The maximum atomic E-state index is 13.7. The molecule has 0 unspecified atom stereocenters. The average molecular weight is 442 g/mol. The van der Waals surface area contributed by atoms with Crippen LogP contribution in [0.4, 0.5) is 8.78 Å². The Morgan fingerprint density at radius 2 is 2.00 bits per heavy atom. The normalized spacial score (nSPS) is 14.2. The third-order valence-electron chi connectivity index (χ3n) is 5.02. The first-order valence-electron chi connectivity index (χ1n) is 10.00. The summed E-state index contributed by atoms with van der Waals surface area (Å²) in [6, 6.07) is 6.55. The fraction of sp³-hybridized carbons (Fsp3) is 0.286. The number of carbonyl (C=O) groups excluding carboxylic acids is 2. The van der Waals surface area contributed by atoms with Crippen LogP contribution in [0.2, 0.25) is 0 Å². The molecule has 3 heterocycles. The van der Waals surface area contributed by atoms with Crippen molar-refractivity contribution in [2.24, 2.45) is 0 Å². The van der Waals surface area contributed by atoms with Gasteiger partial charge in [0.1, 0.15) is 11.9 Å². The van der Waals surface area contributed by atoms with E-state index >= 15 is 0 Å². The number of likely N-dealkylation sites (tertiary alicyclic amines) is 1. The van der Waals surface area contributed by atoms with Gasteiger partial charge in [-0.1, -0.05) is 5.21 Å². The summed E-state index contributed by atoms with van der Waals surface area (Å²) in [5.41, 5.74) is 0.726. The number of halogens is 2. The maximum absolute atomic E-state index is 13.7. The zero-order valence-corrected chi connectivity index (χ0v) is 16.9. The second-order valence-electron chi connectivity index (χ2n) is 7.21. The van der Waals surface area contributed by atoms with E-state index in [4.69, 9.17) is 4.74 Å². The molecule has 1 aliphatic rings. The summed E-state index contributed by atoms with van der Waals surface area (Å²) in [4.78, 5) is 30.3. The second-order valence-corrected chi connectivity index (χ2v) is 7.21. The summed E-state index contributed by atoms with van der Waals surface area (Å²) < 4.78 is 34.0. The lowest BCUT2D eigenvalue weighted by atomic mass is 10.1. The van der Waals surface area contributed by atoms with Crippen LogP contribution in [0, 0.1) is 11.6 Å². The van der Waals surface area contributed by atoms with Crippen LogP contribution in [0.1, 0.15) is 23.3 Å². The molecule has 1 N–H and O–H groups in total. The number of nitrogens with zero attached hydrogens (tertiary/aromatic N) is 5. The van der Waals surface area contributed by atoms with Crippen LogP contribution in [0.25, 0.3) is 5.69 Å². The van der Waals surface area contributed by atoms with E-state index < -0.39 is 17.5 Å². The quantitative estimate of drug-likeness (QED) is 0.624. The summed E-state index contributed by atoms with van der Waals surface area (Å²) in [5.74, 6) is -2.12. The smallest absolute Gasteiger partial charge is 0.273 e. The van der Waals surface area contributed by atoms with Crippen LogP contribution >= 0.6 is 0 Å². The SMILES string of the molecule is O=C(NCC(=O)N1CCC(Oc2cc(F)ccc2F)CC1)c1cn(-c2cccnc2)nn1. The molecule has 0 bridgehead atoms. The van der Waals surface area contributed by atoms with Gasteiger partial charge in [0.05, 0.1) is 24.6 Å². The molecule has 2 amide bonds. The molecule has 0 radical (unpaired) electrons. The highest BCUT2D eigenvalue weighted by molar-refractivity contribution is 5.94. The summed E-state index contributed by atoms with van der Waals surface area (Å²) in [7, 11) is 0. The van der Waals surface area contributed by atoms with E-state index in [1.165, 1.54) is 10.9 Å². The van der Waals surface area contributed by atoms with Crippen molar-refractivity contribution < 1.29 is 23.1 Å². The topological polar surface area (TPSA) is 102 Å². The molecule has 4 rings (SSSR count). The number of amides is 2. The molecule has 0 saturated carbocycles. The Balaban J connectivity index is 1.24. The number of nitrogens with one attached hydrogen (secondary N) is 1. The highest BCUT2D eigenvalue weighted by Crippen LogP contribution is 2.23. The number of pyridine rings is 1. The van der Waals surface area contributed by atoms with E-state index in [-0.39, 0.29) is 30.0 Å². The minimum atomic E-state index is -0.631. The van der Waals surface area contributed by atoms with Crippen LogP contribution in [-0.2, 0) is 4.79 Å². The van der Waals surface area contributed by atoms with Gasteiger partial charge in [0, 0.05) is 38.2 Å². The van der Waals surface area contributed by atoms with Crippen LogP contribution in [0.15, 0.2) is 48.9 Å². The van der Waals surface area contributed by atoms with E-state index in [9.17, 15) is 18.4 Å². The van der Waals surface area contributed by atoms with Crippen LogP contribution in [-0.4, -0.2) is 62.4 Å². The van der Waals surface area contributed by atoms with Crippen LogP contribution in [0.3, 0.4) is 0 Å². The first-order chi connectivity index (χ1) is 15.5. The van der Waals surface area contributed by atoms with Crippen molar-refractivity contribution in [1.29, 1.82) is 0 Å². The molecule has 166 valence electrons.